The fourth-order valence-electron chi connectivity index (χ4n) is 1.77. The van der Waals surface area contributed by atoms with Crippen LogP contribution in [-0.4, -0.2) is 23.7 Å². The minimum Gasteiger partial charge on any atom is -0.454 e. The van der Waals surface area contributed by atoms with E-state index in [0.717, 1.165) is 17.0 Å². The third-order valence-corrected chi connectivity index (χ3v) is 2.58. The topological polar surface area (TPSA) is 83.4 Å². The molecule has 0 fully saturated rings. The highest BCUT2D eigenvalue weighted by Crippen LogP contribution is 2.35. The second-order valence-electron chi connectivity index (χ2n) is 3.67. The average molecular weight is 233 g/mol. The van der Waals surface area contributed by atoms with Crippen LogP contribution in [0.4, 0.5) is 0 Å². The summed E-state index contributed by atoms with van der Waals surface area (Å²) in [6.45, 7) is 0.761. The van der Waals surface area contributed by atoms with Crippen molar-refractivity contribution < 1.29 is 14.1 Å². The van der Waals surface area contributed by atoms with Crippen LogP contribution >= 0.6 is 0 Å². The Bertz CT molecular complexity index is 539. The molecule has 3 rings (SSSR count). The third kappa shape index (κ3) is 1.72. The Morgan fingerprint density at radius 2 is 2.06 bits per heavy atom. The number of benzene rings is 1. The zero-order valence-corrected chi connectivity index (χ0v) is 9.05. The van der Waals surface area contributed by atoms with Crippen LogP contribution in [0.25, 0.3) is 11.3 Å². The van der Waals surface area contributed by atoms with Gasteiger partial charge < -0.3 is 15.2 Å². The Kier molecular flexibility index (Phi) is 2.41. The summed E-state index contributed by atoms with van der Waals surface area (Å²) in [5.74, 6) is 1.45. The molecule has 2 aromatic rings. The summed E-state index contributed by atoms with van der Waals surface area (Å²) in [4.78, 5) is 0. The number of rotatable bonds is 3. The van der Waals surface area contributed by atoms with Gasteiger partial charge in [0.05, 0.1) is 0 Å². The quantitative estimate of drug-likeness (QED) is 0.850. The Hall–Kier alpha value is -2.08. The molecule has 2 N–H and O–H groups in total. The van der Waals surface area contributed by atoms with Gasteiger partial charge in [-0.2, -0.15) is 0 Å². The highest BCUT2D eigenvalue weighted by molar-refractivity contribution is 5.65. The number of fused-ring (bicyclic) bond motifs is 1. The lowest BCUT2D eigenvalue weighted by molar-refractivity contribution is 0.174. The van der Waals surface area contributed by atoms with Gasteiger partial charge in [-0.25, -0.2) is 4.63 Å². The van der Waals surface area contributed by atoms with Gasteiger partial charge in [-0.05, 0) is 29.9 Å². The van der Waals surface area contributed by atoms with Gasteiger partial charge in [0.25, 0.3) is 0 Å². The summed E-state index contributed by atoms with van der Waals surface area (Å²) in [6.07, 6.45) is 0.632. The van der Waals surface area contributed by atoms with E-state index in [2.05, 4.69) is 10.3 Å². The maximum absolute atomic E-state index is 5.50. The Balaban J connectivity index is 2.00. The van der Waals surface area contributed by atoms with Crippen molar-refractivity contribution >= 4 is 0 Å². The molecule has 1 aliphatic heterocycles. The fourth-order valence-corrected chi connectivity index (χ4v) is 1.77. The van der Waals surface area contributed by atoms with E-state index in [-0.39, 0.29) is 6.79 Å². The van der Waals surface area contributed by atoms with Gasteiger partial charge >= 0.3 is 0 Å². The molecule has 0 amide bonds. The number of nitrogens with two attached hydrogens (primary N) is 1. The molecule has 0 spiro atoms. The van der Waals surface area contributed by atoms with E-state index in [0.29, 0.717) is 24.4 Å². The summed E-state index contributed by atoms with van der Waals surface area (Å²) >= 11 is 0. The van der Waals surface area contributed by atoms with Crippen molar-refractivity contribution in [1.29, 1.82) is 0 Å². The zero-order valence-electron chi connectivity index (χ0n) is 9.05. The third-order valence-electron chi connectivity index (χ3n) is 2.58. The SMILES string of the molecule is NCCc1nonc1-c1ccc2c(c1)OCO2. The van der Waals surface area contributed by atoms with Crippen molar-refractivity contribution in [1.82, 2.24) is 10.3 Å². The van der Waals surface area contributed by atoms with Crippen LogP contribution in [-0.2, 0) is 6.42 Å². The van der Waals surface area contributed by atoms with E-state index in [9.17, 15) is 0 Å². The van der Waals surface area contributed by atoms with Crippen molar-refractivity contribution in [2.75, 3.05) is 13.3 Å². The van der Waals surface area contributed by atoms with Gasteiger partial charge in [0.15, 0.2) is 11.5 Å². The first-order chi connectivity index (χ1) is 8.38. The second-order valence-corrected chi connectivity index (χ2v) is 3.67. The van der Waals surface area contributed by atoms with E-state index in [1.165, 1.54) is 0 Å². The fraction of sp³-hybridized carbons (Fsp3) is 0.273. The predicted octanol–water partition coefficient (Wildman–Crippen LogP) is 0.966. The molecule has 0 radical (unpaired) electrons. The molecule has 0 atom stereocenters. The smallest absolute Gasteiger partial charge is 0.231 e. The molecular weight excluding hydrogens is 222 g/mol. The first-order valence-electron chi connectivity index (χ1n) is 5.30. The molecule has 0 unspecified atom stereocenters. The molecule has 0 bridgehead atoms. The van der Waals surface area contributed by atoms with Gasteiger partial charge in [0.1, 0.15) is 11.4 Å². The molecule has 0 saturated heterocycles. The van der Waals surface area contributed by atoms with Gasteiger partial charge in [0.2, 0.25) is 6.79 Å². The van der Waals surface area contributed by atoms with E-state index >= 15 is 0 Å². The molecule has 17 heavy (non-hydrogen) atoms. The van der Waals surface area contributed by atoms with Crippen LogP contribution in [0.2, 0.25) is 0 Å². The molecule has 1 aliphatic rings. The lowest BCUT2D eigenvalue weighted by Gasteiger charge is -2.00. The Morgan fingerprint density at radius 1 is 1.18 bits per heavy atom. The monoisotopic (exact) mass is 233 g/mol. The van der Waals surface area contributed by atoms with Crippen LogP contribution in [0.5, 0.6) is 11.5 Å². The van der Waals surface area contributed by atoms with Gasteiger partial charge in [-0.15, -0.1) is 0 Å². The summed E-state index contributed by atoms with van der Waals surface area (Å²) < 4.78 is 15.3. The minimum atomic E-state index is 0.255. The highest BCUT2D eigenvalue weighted by Gasteiger charge is 2.17. The van der Waals surface area contributed by atoms with E-state index in [4.69, 9.17) is 19.8 Å². The second kappa shape index (κ2) is 4.06. The average Bonchev–Trinajstić information content (AvgIpc) is 2.96. The molecule has 0 saturated carbocycles. The minimum absolute atomic E-state index is 0.255. The van der Waals surface area contributed by atoms with Crippen molar-refractivity contribution in [2.45, 2.75) is 6.42 Å². The van der Waals surface area contributed by atoms with Crippen LogP contribution in [0.3, 0.4) is 0 Å². The normalized spacial score (nSPS) is 13.0. The summed E-state index contributed by atoms with van der Waals surface area (Å²) in [6, 6.07) is 5.60. The van der Waals surface area contributed by atoms with Crippen molar-refractivity contribution in [2.24, 2.45) is 5.73 Å². The molecule has 6 heteroatoms. The number of aromatic nitrogens is 2. The van der Waals surface area contributed by atoms with E-state index < -0.39 is 0 Å². The maximum Gasteiger partial charge on any atom is 0.231 e. The summed E-state index contributed by atoms with van der Waals surface area (Å²) in [5.41, 5.74) is 7.85. The van der Waals surface area contributed by atoms with Crippen LogP contribution in [0.15, 0.2) is 22.8 Å². The first kappa shape index (κ1) is 10.1. The van der Waals surface area contributed by atoms with E-state index in [1.54, 1.807) is 0 Å². The first-order valence-corrected chi connectivity index (χ1v) is 5.30. The lowest BCUT2D eigenvalue weighted by Crippen LogP contribution is -2.04. The number of hydrogen-bond donors (Lipinski definition) is 1. The molecule has 1 aromatic carbocycles. The van der Waals surface area contributed by atoms with Crippen LogP contribution < -0.4 is 15.2 Å². The molecule has 6 nitrogen and oxygen atoms in total. The van der Waals surface area contributed by atoms with Crippen molar-refractivity contribution in [3.63, 3.8) is 0 Å². The molecular formula is C11H11N3O3. The lowest BCUT2D eigenvalue weighted by atomic mass is 10.1. The molecule has 2 heterocycles. The number of hydrogen-bond acceptors (Lipinski definition) is 6. The van der Waals surface area contributed by atoms with Crippen molar-refractivity contribution in [3.05, 3.63) is 23.9 Å². The van der Waals surface area contributed by atoms with Crippen molar-refractivity contribution in [3.8, 4) is 22.8 Å². The van der Waals surface area contributed by atoms with Crippen LogP contribution in [0, 0.1) is 0 Å². The Labute approximate surface area is 97.3 Å². The maximum atomic E-state index is 5.50. The number of nitrogens with zero attached hydrogens (tertiary/aromatic N) is 2. The van der Waals surface area contributed by atoms with Gasteiger partial charge in [-0.3, -0.25) is 0 Å². The highest BCUT2D eigenvalue weighted by atomic mass is 16.7. The summed E-state index contributed by atoms with van der Waals surface area (Å²) in [5, 5.41) is 7.73. The predicted molar refractivity (Wildman–Crippen MR) is 58.6 cm³/mol. The summed E-state index contributed by atoms with van der Waals surface area (Å²) in [7, 11) is 0. The standard InChI is InChI=1S/C11H11N3O3/c12-4-3-8-11(14-17-13-8)7-1-2-9-10(5-7)16-6-15-9/h1-2,5H,3-4,6,12H2. The van der Waals surface area contributed by atoms with Gasteiger partial charge in [0, 0.05) is 12.0 Å². The number of ether oxygens (including phenoxy) is 2. The van der Waals surface area contributed by atoms with E-state index in [1.807, 2.05) is 18.2 Å². The molecule has 88 valence electrons. The molecule has 1 aromatic heterocycles. The van der Waals surface area contributed by atoms with Crippen LogP contribution in [0.1, 0.15) is 5.69 Å². The molecule has 0 aliphatic carbocycles. The van der Waals surface area contributed by atoms with Gasteiger partial charge in [-0.1, -0.05) is 5.16 Å². The largest absolute Gasteiger partial charge is 0.454 e. The Morgan fingerprint density at radius 3 is 2.94 bits per heavy atom. The zero-order chi connectivity index (χ0) is 11.7.